The number of benzene rings is 1. The number of nitrogens with one attached hydrogen (secondary N) is 1. The second-order valence-electron chi connectivity index (χ2n) is 5.80. The van der Waals surface area contributed by atoms with Crippen molar-refractivity contribution in [2.24, 2.45) is 11.7 Å². The number of likely N-dealkylation sites (tertiary alicyclic amines) is 1. The molecule has 1 aliphatic heterocycles. The van der Waals surface area contributed by atoms with E-state index in [1.165, 1.54) is 12.1 Å². The van der Waals surface area contributed by atoms with Gasteiger partial charge >= 0.3 is 0 Å². The quantitative estimate of drug-likeness (QED) is 0.798. The number of hydrogen-bond donors (Lipinski definition) is 2. The minimum atomic E-state index is -3.31. The number of rotatable bonds is 5. The van der Waals surface area contributed by atoms with E-state index in [9.17, 15) is 18.0 Å². The number of sulfone groups is 1. The van der Waals surface area contributed by atoms with Gasteiger partial charge in [-0.15, -0.1) is 0 Å². The maximum Gasteiger partial charge on any atom is 0.238 e. The first-order valence-corrected chi connectivity index (χ1v) is 9.26. The van der Waals surface area contributed by atoms with Crippen molar-refractivity contribution in [3.05, 3.63) is 24.3 Å². The molecule has 0 aliphatic carbocycles. The van der Waals surface area contributed by atoms with Crippen molar-refractivity contribution < 1.29 is 18.0 Å². The molecule has 3 N–H and O–H groups in total. The van der Waals surface area contributed by atoms with Gasteiger partial charge in [0, 0.05) is 17.9 Å². The molecule has 2 amide bonds. The highest BCUT2D eigenvalue weighted by molar-refractivity contribution is 7.90. The standard InChI is InChI=1S/C15H21N3O4S/c1-23(21,22)13-4-2-3-12(9-13)17-14(19)10-18-7-5-11(6-8-18)15(16)20/h2-4,9,11H,5-8,10H2,1H3,(H2,16,20)(H,17,19). The van der Waals surface area contributed by atoms with E-state index in [-0.39, 0.29) is 29.2 Å². The van der Waals surface area contributed by atoms with Crippen molar-refractivity contribution in [3.63, 3.8) is 0 Å². The number of carbonyl (C=O) groups is 2. The van der Waals surface area contributed by atoms with Crippen LogP contribution in [0, 0.1) is 5.92 Å². The van der Waals surface area contributed by atoms with Crippen LogP contribution in [0.1, 0.15) is 12.8 Å². The Balaban J connectivity index is 1.90. The first-order valence-electron chi connectivity index (χ1n) is 7.37. The summed E-state index contributed by atoms with van der Waals surface area (Å²) in [6.45, 7) is 1.49. The molecule has 1 aromatic carbocycles. The lowest BCUT2D eigenvalue weighted by Gasteiger charge is -2.29. The SMILES string of the molecule is CS(=O)(=O)c1cccc(NC(=O)CN2CCC(C(N)=O)CC2)c1. The predicted molar refractivity (Wildman–Crippen MR) is 86.5 cm³/mol. The molecule has 0 bridgehead atoms. The summed E-state index contributed by atoms with van der Waals surface area (Å²) in [7, 11) is -3.31. The van der Waals surface area contributed by atoms with Crippen LogP contribution in [-0.2, 0) is 19.4 Å². The minimum absolute atomic E-state index is 0.110. The van der Waals surface area contributed by atoms with Crippen LogP contribution in [0.4, 0.5) is 5.69 Å². The molecule has 0 atom stereocenters. The zero-order chi connectivity index (χ0) is 17.0. The number of carbonyl (C=O) groups excluding carboxylic acids is 2. The number of amides is 2. The summed E-state index contributed by atoms with van der Waals surface area (Å²) in [5, 5.41) is 2.70. The van der Waals surface area contributed by atoms with Crippen molar-refractivity contribution >= 4 is 27.3 Å². The Morgan fingerprint density at radius 1 is 1.30 bits per heavy atom. The number of hydrogen-bond acceptors (Lipinski definition) is 5. The van der Waals surface area contributed by atoms with Crippen LogP contribution in [0.15, 0.2) is 29.2 Å². The molecule has 1 aliphatic rings. The average Bonchev–Trinajstić information content (AvgIpc) is 2.47. The van der Waals surface area contributed by atoms with Gasteiger partial charge in [0.05, 0.1) is 11.4 Å². The van der Waals surface area contributed by atoms with E-state index in [1.807, 2.05) is 4.90 Å². The van der Waals surface area contributed by atoms with Crippen LogP contribution in [0.25, 0.3) is 0 Å². The van der Waals surface area contributed by atoms with E-state index in [0.29, 0.717) is 31.6 Å². The van der Waals surface area contributed by atoms with Crippen molar-refractivity contribution in [1.29, 1.82) is 0 Å². The Morgan fingerprint density at radius 2 is 1.96 bits per heavy atom. The van der Waals surface area contributed by atoms with Crippen LogP contribution in [0.3, 0.4) is 0 Å². The second kappa shape index (κ2) is 7.10. The molecule has 0 unspecified atom stereocenters. The summed E-state index contributed by atoms with van der Waals surface area (Å²) < 4.78 is 23.0. The molecule has 1 fully saturated rings. The summed E-state index contributed by atoms with van der Waals surface area (Å²) in [5.74, 6) is -0.611. The summed E-state index contributed by atoms with van der Waals surface area (Å²) in [6.07, 6.45) is 2.44. The third-order valence-corrected chi connectivity index (χ3v) is 5.01. The molecule has 1 aromatic rings. The molecule has 0 radical (unpaired) electrons. The van der Waals surface area contributed by atoms with Gasteiger partial charge in [0.15, 0.2) is 9.84 Å². The number of nitrogens with two attached hydrogens (primary N) is 1. The molecule has 0 spiro atoms. The fourth-order valence-electron chi connectivity index (χ4n) is 2.58. The maximum atomic E-state index is 12.1. The zero-order valence-electron chi connectivity index (χ0n) is 13.0. The Labute approximate surface area is 135 Å². The highest BCUT2D eigenvalue weighted by Crippen LogP contribution is 2.17. The Hall–Kier alpha value is -1.93. The van der Waals surface area contributed by atoms with Gasteiger partial charge < -0.3 is 11.1 Å². The first kappa shape index (κ1) is 17.4. The Bertz CT molecular complexity index is 694. The Kier molecular flexibility index (Phi) is 5.38. The van der Waals surface area contributed by atoms with Gasteiger partial charge in [-0.3, -0.25) is 14.5 Å². The van der Waals surface area contributed by atoms with Gasteiger partial charge in [-0.1, -0.05) is 6.07 Å². The summed E-state index contributed by atoms with van der Waals surface area (Å²) in [6, 6.07) is 6.16. The molecule has 8 heteroatoms. The van der Waals surface area contributed by atoms with Gasteiger partial charge in [-0.25, -0.2) is 8.42 Å². The zero-order valence-corrected chi connectivity index (χ0v) is 13.8. The molecule has 23 heavy (non-hydrogen) atoms. The molecular formula is C15H21N3O4S. The van der Waals surface area contributed by atoms with E-state index in [0.717, 1.165) is 6.26 Å². The largest absolute Gasteiger partial charge is 0.369 e. The molecule has 126 valence electrons. The molecule has 0 saturated carbocycles. The first-order chi connectivity index (χ1) is 10.8. The lowest BCUT2D eigenvalue weighted by Crippen LogP contribution is -2.42. The molecule has 7 nitrogen and oxygen atoms in total. The average molecular weight is 339 g/mol. The smallest absolute Gasteiger partial charge is 0.238 e. The van der Waals surface area contributed by atoms with Crippen LogP contribution in [-0.4, -0.2) is 51.0 Å². The van der Waals surface area contributed by atoms with E-state index in [4.69, 9.17) is 5.73 Å². The normalized spacial score (nSPS) is 16.9. The monoisotopic (exact) mass is 339 g/mol. The van der Waals surface area contributed by atoms with Crippen LogP contribution < -0.4 is 11.1 Å². The van der Waals surface area contributed by atoms with Gasteiger partial charge in [0.2, 0.25) is 11.8 Å². The van der Waals surface area contributed by atoms with E-state index >= 15 is 0 Å². The maximum absolute atomic E-state index is 12.1. The number of piperidine rings is 1. The summed E-state index contributed by atoms with van der Waals surface area (Å²) >= 11 is 0. The van der Waals surface area contributed by atoms with Crippen LogP contribution in [0.5, 0.6) is 0 Å². The van der Waals surface area contributed by atoms with Crippen molar-refractivity contribution in [3.8, 4) is 0 Å². The van der Waals surface area contributed by atoms with Crippen LogP contribution in [0.2, 0.25) is 0 Å². The summed E-state index contributed by atoms with van der Waals surface area (Å²) in [4.78, 5) is 25.3. The summed E-state index contributed by atoms with van der Waals surface area (Å²) in [5.41, 5.74) is 5.73. The third kappa shape index (κ3) is 5.04. The van der Waals surface area contributed by atoms with E-state index < -0.39 is 9.84 Å². The van der Waals surface area contributed by atoms with Gasteiger partial charge in [0.1, 0.15) is 0 Å². The Morgan fingerprint density at radius 3 is 2.52 bits per heavy atom. The fourth-order valence-corrected chi connectivity index (χ4v) is 3.25. The predicted octanol–water partition coefficient (Wildman–Crippen LogP) is 0.226. The number of primary amides is 1. The van der Waals surface area contributed by atoms with Crippen molar-refractivity contribution in [1.82, 2.24) is 4.90 Å². The molecule has 2 rings (SSSR count). The van der Waals surface area contributed by atoms with Crippen LogP contribution >= 0.6 is 0 Å². The lowest BCUT2D eigenvalue weighted by atomic mass is 9.96. The molecule has 1 saturated heterocycles. The van der Waals surface area contributed by atoms with Gasteiger partial charge in [-0.05, 0) is 44.1 Å². The molecule has 1 heterocycles. The highest BCUT2D eigenvalue weighted by Gasteiger charge is 2.24. The highest BCUT2D eigenvalue weighted by atomic mass is 32.2. The van der Waals surface area contributed by atoms with Crippen molar-refractivity contribution in [2.75, 3.05) is 31.2 Å². The lowest BCUT2D eigenvalue weighted by molar-refractivity contribution is -0.123. The minimum Gasteiger partial charge on any atom is -0.369 e. The number of anilines is 1. The van der Waals surface area contributed by atoms with Gasteiger partial charge in [-0.2, -0.15) is 0 Å². The number of nitrogens with zero attached hydrogens (tertiary/aromatic N) is 1. The molecular weight excluding hydrogens is 318 g/mol. The molecule has 0 aromatic heterocycles. The fraction of sp³-hybridized carbons (Fsp3) is 0.467. The second-order valence-corrected chi connectivity index (χ2v) is 7.82. The van der Waals surface area contributed by atoms with Gasteiger partial charge in [0.25, 0.3) is 0 Å². The van der Waals surface area contributed by atoms with E-state index in [1.54, 1.807) is 12.1 Å². The van der Waals surface area contributed by atoms with Crippen molar-refractivity contribution in [2.45, 2.75) is 17.7 Å². The third-order valence-electron chi connectivity index (χ3n) is 3.90. The topological polar surface area (TPSA) is 110 Å². The van der Waals surface area contributed by atoms with E-state index in [2.05, 4.69) is 5.32 Å².